The largest absolute Gasteiger partial charge is 0.496 e. The van der Waals surface area contributed by atoms with Crippen molar-refractivity contribution in [3.05, 3.63) is 64.2 Å². The highest BCUT2D eigenvalue weighted by atomic mass is 19.4. The van der Waals surface area contributed by atoms with Gasteiger partial charge in [-0.3, -0.25) is 9.69 Å². The van der Waals surface area contributed by atoms with Crippen molar-refractivity contribution in [2.45, 2.75) is 39.0 Å². The molecule has 0 atom stereocenters. The summed E-state index contributed by atoms with van der Waals surface area (Å²) in [5.41, 5.74) is 5.77. The van der Waals surface area contributed by atoms with Gasteiger partial charge in [-0.25, -0.2) is 0 Å². The van der Waals surface area contributed by atoms with Gasteiger partial charge in [0.05, 0.1) is 19.4 Å². The van der Waals surface area contributed by atoms with Gasteiger partial charge < -0.3 is 14.6 Å². The average Bonchev–Trinajstić information content (AvgIpc) is 2.74. The number of allylic oxidation sites excluding steroid dienone is 1. The number of nitrogens with zero attached hydrogens (tertiary/aromatic N) is 1. The van der Waals surface area contributed by atoms with E-state index < -0.39 is 18.6 Å². The lowest BCUT2D eigenvalue weighted by atomic mass is 9.85. The van der Waals surface area contributed by atoms with Gasteiger partial charge in [0.15, 0.2) is 0 Å². The van der Waals surface area contributed by atoms with Crippen LogP contribution in [0.1, 0.15) is 35.6 Å². The molecule has 1 N–H and O–H groups in total. The molecular formula is C26H28F3NO4. The van der Waals surface area contributed by atoms with Crippen LogP contribution in [0.4, 0.5) is 13.2 Å². The van der Waals surface area contributed by atoms with Crippen LogP contribution in [0.15, 0.2) is 42.0 Å². The average molecular weight is 476 g/mol. The Morgan fingerprint density at radius 2 is 1.91 bits per heavy atom. The van der Waals surface area contributed by atoms with Crippen LogP contribution < -0.4 is 9.47 Å². The van der Waals surface area contributed by atoms with Crippen molar-refractivity contribution in [3.63, 3.8) is 0 Å². The molecule has 34 heavy (non-hydrogen) atoms. The fraction of sp³-hybridized carbons (Fsp3) is 0.423. The number of carbonyl (C=O) groups is 1. The van der Waals surface area contributed by atoms with E-state index in [-0.39, 0.29) is 18.1 Å². The highest BCUT2D eigenvalue weighted by Crippen LogP contribution is 2.35. The molecule has 1 aliphatic carbocycles. The predicted molar refractivity (Wildman–Crippen MR) is 122 cm³/mol. The van der Waals surface area contributed by atoms with Crippen LogP contribution in [-0.4, -0.2) is 48.9 Å². The van der Waals surface area contributed by atoms with Crippen molar-refractivity contribution in [1.82, 2.24) is 4.90 Å². The van der Waals surface area contributed by atoms with Gasteiger partial charge in [0.25, 0.3) is 0 Å². The van der Waals surface area contributed by atoms with E-state index in [1.54, 1.807) is 6.07 Å². The van der Waals surface area contributed by atoms with E-state index in [1.165, 1.54) is 41.5 Å². The Kier molecular flexibility index (Phi) is 6.89. The molecule has 1 fully saturated rings. The number of benzene rings is 2. The van der Waals surface area contributed by atoms with Crippen LogP contribution in [-0.2, 0) is 24.2 Å². The first kappa shape index (κ1) is 24.1. The second-order valence-corrected chi connectivity index (χ2v) is 9.00. The normalized spacial score (nSPS) is 16.7. The number of rotatable bonds is 8. The summed E-state index contributed by atoms with van der Waals surface area (Å²) >= 11 is 0. The molecule has 0 radical (unpaired) electrons. The third kappa shape index (κ3) is 5.55. The fourth-order valence-corrected chi connectivity index (χ4v) is 4.63. The molecule has 2 aromatic rings. The number of fused-ring (bicyclic) bond motifs is 1. The predicted octanol–water partition coefficient (Wildman–Crippen LogP) is 5.12. The molecule has 0 bridgehead atoms. The van der Waals surface area contributed by atoms with Gasteiger partial charge in [0, 0.05) is 25.2 Å². The molecule has 4 rings (SSSR count). The number of methoxy groups -OCH3 is 1. The molecule has 5 nitrogen and oxygen atoms in total. The lowest BCUT2D eigenvalue weighted by Crippen LogP contribution is -2.50. The molecule has 1 heterocycles. The number of halogens is 3. The van der Waals surface area contributed by atoms with Gasteiger partial charge in [0.2, 0.25) is 0 Å². The monoisotopic (exact) mass is 475 g/mol. The van der Waals surface area contributed by atoms with Crippen LogP contribution in [0, 0.1) is 5.92 Å². The fourth-order valence-electron chi connectivity index (χ4n) is 4.63. The van der Waals surface area contributed by atoms with E-state index in [9.17, 15) is 18.0 Å². The minimum Gasteiger partial charge on any atom is -0.496 e. The second kappa shape index (κ2) is 9.70. The quantitative estimate of drug-likeness (QED) is 0.575. The molecule has 0 saturated carbocycles. The molecule has 0 amide bonds. The van der Waals surface area contributed by atoms with Gasteiger partial charge in [0.1, 0.15) is 18.1 Å². The number of carboxylic acid groups (broad SMARTS) is 1. The minimum absolute atomic E-state index is 0.150. The summed E-state index contributed by atoms with van der Waals surface area (Å²) in [5.74, 6) is 0.0945. The lowest BCUT2D eigenvalue weighted by molar-refractivity contribution is -0.147. The van der Waals surface area contributed by atoms with Gasteiger partial charge in [-0.05, 0) is 60.2 Å². The maximum absolute atomic E-state index is 12.7. The Bertz CT molecular complexity index is 1100. The highest BCUT2D eigenvalue weighted by Gasteiger charge is 2.33. The van der Waals surface area contributed by atoms with Crippen LogP contribution in [0.3, 0.4) is 0 Å². The number of hydrogen-bond acceptors (Lipinski definition) is 4. The van der Waals surface area contributed by atoms with E-state index in [1.807, 2.05) is 18.2 Å². The summed E-state index contributed by atoms with van der Waals surface area (Å²) in [7, 11) is 1.43. The summed E-state index contributed by atoms with van der Waals surface area (Å²) in [6.45, 7) is 4.31. The Morgan fingerprint density at radius 3 is 2.59 bits per heavy atom. The van der Waals surface area contributed by atoms with Crippen molar-refractivity contribution >= 4 is 11.5 Å². The molecule has 182 valence electrons. The number of carboxylic acids is 1. The van der Waals surface area contributed by atoms with E-state index >= 15 is 0 Å². The van der Waals surface area contributed by atoms with E-state index in [0.29, 0.717) is 30.2 Å². The number of ether oxygens (including phenoxy) is 2. The van der Waals surface area contributed by atoms with Crippen molar-refractivity contribution in [1.29, 1.82) is 0 Å². The number of aryl methyl sites for hydroxylation is 1. The van der Waals surface area contributed by atoms with Crippen LogP contribution in [0.2, 0.25) is 0 Å². The lowest BCUT2D eigenvalue weighted by Gasteiger charge is -2.38. The van der Waals surface area contributed by atoms with Gasteiger partial charge in [-0.15, -0.1) is 0 Å². The van der Waals surface area contributed by atoms with Gasteiger partial charge >= 0.3 is 12.1 Å². The SMILES string of the molecule is COc1cc(CC(F)(F)F)ccc1COc1ccc2c(c1)CCC(CN1CC(C(=O)O)C1)=C2C. The Hall–Kier alpha value is -3.00. The molecule has 2 aliphatic rings. The van der Waals surface area contributed by atoms with Gasteiger partial charge in [-0.2, -0.15) is 13.2 Å². The second-order valence-electron chi connectivity index (χ2n) is 9.00. The van der Waals surface area contributed by atoms with E-state index in [0.717, 1.165) is 19.4 Å². The van der Waals surface area contributed by atoms with Crippen molar-refractivity contribution < 1.29 is 32.5 Å². The zero-order valence-corrected chi connectivity index (χ0v) is 19.2. The zero-order valence-electron chi connectivity index (χ0n) is 19.2. The maximum atomic E-state index is 12.7. The number of aliphatic carboxylic acids is 1. The zero-order chi connectivity index (χ0) is 24.5. The first-order valence-corrected chi connectivity index (χ1v) is 11.3. The summed E-state index contributed by atoms with van der Waals surface area (Å²) in [6.07, 6.45) is -3.47. The molecular weight excluding hydrogens is 447 g/mol. The van der Waals surface area contributed by atoms with Crippen LogP contribution >= 0.6 is 0 Å². The Balaban J connectivity index is 1.40. The van der Waals surface area contributed by atoms with Crippen molar-refractivity contribution in [2.75, 3.05) is 26.7 Å². The summed E-state index contributed by atoms with van der Waals surface area (Å²) in [6, 6.07) is 10.4. The smallest absolute Gasteiger partial charge is 0.393 e. The molecule has 1 aliphatic heterocycles. The van der Waals surface area contributed by atoms with E-state index in [2.05, 4.69) is 11.8 Å². The highest BCUT2D eigenvalue weighted by molar-refractivity contribution is 5.73. The van der Waals surface area contributed by atoms with Crippen LogP contribution in [0.25, 0.3) is 5.57 Å². The molecule has 2 aromatic carbocycles. The van der Waals surface area contributed by atoms with E-state index in [4.69, 9.17) is 14.6 Å². The van der Waals surface area contributed by atoms with Crippen LogP contribution in [0.5, 0.6) is 11.5 Å². The van der Waals surface area contributed by atoms with Crippen molar-refractivity contribution in [2.24, 2.45) is 5.92 Å². The maximum Gasteiger partial charge on any atom is 0.393 e. The number of hydrogen-bond donors (Lipinski definition) is 1. The Morgan fingerprint density at radius 1 is 1.15 bits per heavy atom. The molecule has 0 unspecified atom stereocenters. The minimum atomic E-state index is -4.27. The summed E-state index contributed by atoms with van der Waals surface area (Å²) in [5, 5.41) is 9.07. The number of alkyl halides is 3. The number of likely N-dealkylation sites (tertiary alicyclic amines) is 1. The van der Waals surface area contributed by atoms with Crippen molar-refractivity contribution in [3.8, 4) is 11.5 Å². The molecule has 0 spiro atoms. The van der Waals surface area contributed by atoms with Gasteiger partial charge in [-0.1, -0.05) is 23.8 Å². The topological polar surface area (TPSA) is 59.0 Å². The Labute approximate surface area is 196 Å². The third-order valence-electron chi connectivity index (χ3n) is 6.58. The molecule has 1 saturated heterocycles. The first-order valence-electron chi connectivity index (χ1n) is 11.3. The summed E-state index contributed by atoms with van der Waals surface area (Å²) < 4.78 is 49.2. The third-order valence-corrected chi connectivity index (χ3v) is 6.58. The first-order chi connectivity index (χ1) is 16.1. The summed E-state index contributed by atoms with van der Waals surface area (Å²) in [4.78, 5) is 13.2. The standard InChI is InChI=1S/C26H28F3NO4/c1-16-19(12-30-13-21(14-30)25(31)32)6-5-18-10-22(7-8-23(16)18)34-15-20-4-3-17(9-24(20)33-2)11-26(27,28)29/h3-4,7-10,21H,5-6,11-15H2,1-2H3,(H,31,32). The molecule has 8 heteroatoms. The molecule has 0 aromatic heterocycles.